The maximum absolute atomic E-state index is 13.0. The Hall–Kier alpha value is -2.56. The summed E-state index contributed by atoms with van der Waals surface area (Å²) in [6, 6.07) is 2.16. The number of pyridine rings is 1. The second kappa shape index (κ2) is 10.7. The van der Waals surface area contributed by atoms with Crippen LogP contribution in [0.1, 0.15) is 25.3 Å². The molecule has 2 fully saturated rings. The molecular formula is C20H28F3N5O3. The molecule has 2 aliphatic heterocycles. The molecule has 0 saturated carbocycles. The average molecular weight is 443 g/mol. The van der Waals surface area contributed by atoms with Crippen LogP contribution < -0.4 is 10.1 Å². The van der Waals surface area contributed by atoms with Gasteiger partial charge in [0.2, 0.25) is 5.88 Å². The van der Waals surface area contributed by atoms with Crippen LogP contribution >= 0.6 is 0 Å². The number of ether oxygens (including phenoxy) is 2. The van der Waals surface area contributed by atoms with E-state index in [4.69, 9.17) is 9.47 Å². The Morgan fingerprint density at radius 2 is 2.06 bits per heavy atom. The Balaban J connectivity index is 1.51. The molecule has 0 bridgehead atoms. The van der Waals surface area contributed by atoms with Crippen LogP contribution in [0, 0.1) is 0 Å². The number of rotatable bonds is 6. The van der Waals surface area contributed by atoms with Crippen molar-refractivity contribution in [1.29, 1.82) is 0 Å². The van der Waals surface area contributed by atoms with Gasteiger partial charge in [-0.3, -0.25) is 4.79 Å². The first-order valence-electron chi connectivity index (χ1n) is 10.5. The maximum Gasteiger partial charge on any atom is 0.421 e. The summed E-state index contributed by atoms with van der Waals surface area (Å²) in [6.45, 7) is 5.73. The molecule has 1 aromatic heterocycles. The molecule has 2 aliphatic rings. The zero-order valence-electron chi connectivity index (χ0n) is 17.5. The van der Waals surface area contributed by atoms with Gasteiger partial charge in [0.15, 0.2) is 5.96 Å². The molecule has 3 rings (SSSR count). The Morgan fingerprint density at radius 1 is 1.32 bits per heavy atom. The zero-order valence-corrected chi connectivity index (χ0v) is 17.5. The van der Waals surface area contributed by atoms with Gasteiger partial charge in [-0.25, -0.2) is 9.98 Å². The minimum Gasteiger partial charge on any atom is -0.475 e. The SMILES string of the molecule is CCNC(=NCCOc1ncccc1C(F)(F)F)N1CCN(C(=O)C2CCCO2)CC1. The van der Waals surface area contributed by atoms with Crippen LogP contribution in [0.4, 0.5) is 13.2 Å². The predicted octanol–water partition coefficient (Wildman–Crippen LogP) is 1.77. The van der Waals surface area contributed by atoms with Gasteiger partial charge >= 0.3 is 6.18 Å². The second-order valence-corrected chi connectivity index (χ2v) is 7.25. The van der Waals surface area contributed by atoms with Crippen LogP contribution in [-0.2, 0) is 15.7 Å². The highest BCUT2D eigenvalue weighted by Gasteiger charge is 2.35. The van der Waals surface area contributed by atoms with E-state index in [1.807, 2.05) is 16.7 Å². The third kappa shape index (κ3) is 6.22. The van der Waals surface area contributed by atoms with E-state index in [-0.39, 0.29) is 25.2 Å². The number of piperazine rings is 1. The monoisotopic (exact) mass is 443 g/mol. The molecule has 8 nitrogen and oxygen atoms in total. The number of guanidine groups is 1. The largest absolute Gasteiger partial charge is 0.475 e. The number of carbonyl (C=O) groups excluding carboxylic acids is 1. The van der Waals surface area contributed by atoms with E-state index in [9.17, 15) is 18.0 Å². The van der Waals surface area contributed by atoms with Crippen molar-refractivity contribution in [2.24, 2.45) is 4.99 Å². The Labute approximate surface area is 179 Å². The topological polar surface area (TPSA) is 79.3 Å². The first-order chi connectivity index (χ1) is 14.9. The lowest BCUT2D eigenvalue weighted by molar-refractivity contribution is -0.142. The second-order valence-electron chi connectivity index (χ2n) is 7.25. The fourth-order valence-electron chi connectivity index (χ4n) is 3.56. The third-order valence-corrected chi connectivity index (χ3v) is 5.10. The minimum atomic E-state index is -4.53. The van der Waals surface area contributed by atoms with Crippen LogP contribution in [0.15, 0.2) is 23.3 Å². The van der Waals surface area contributed by atoms with Gasteiger partial charge in [0.25, 0.3) is 5.91 Å². The van der Waals surface area contributed by atoms with Crippen molar-refractivity contribution < 1.29 is 27.4 Å². The summed E-state index contributed by atoms with van der Waals surface area (Å²) in [5.41, 5.74) is -0.905. The quantitative estimate of drug-likeness (QED) is 0.410. The summed E-state index contributed by atoms with van der Waals surface area (Å²) in [6.07, 6.45) is -1.90. The van der Waals surface area contributed by atoms with Crippen molar-refractivity contribution >= 4 is 11.9 Å². The van der Waals surface area contributed by atoms with Gasteiger partial charge in [0.05, 0.1) is 6.54 Å². The number of hydrogen-bond donors (Lipinski definition) is 1. The predicted molar refractivity (Wildman–Crippen MR) is 108 cm³/mol. The van der Waals surface area contributed by atoms with Crippen LogP contribution in [0.25, 0.3) is 0 Å². The molecule has 1 amide bonds. The summed E-state index contributed by atoms with van der Waals surface area (Å²) in [5, 5.41) is 3.18. The molecule has 0 radical (unpaired) electrons. The Bertz CT molecular complexity index is 761. The molecule has 1 N–H and O–H groups in total. The lowest BCUT2D eigenvalue weighted by atomic mass is 10.2. The van der Waals surface area contributed by atoms with E-state index in [1.54, 1.807) is 0 Å². The fourth-order valence-corrected chi connectivity index (χ4v) is 3.56. The lowest BCUT2D eigenvalue weighted by Crippen LogP contribution is -2.55. The average Bonchev–Trinajstić information content (AvgIpc) is 3.30. The summed E-state index contributed by atoms with van der Waals surface area (Å²) in [7, 11) is 0. The molecule has 172 valence electrons. The van der Waals surface area contributed by atoms with Crippen molar-refractivity contribution in [3.63, 3.8) is 0 Å². The number of aliphatic imine (C=N–C) groups is 1. The van der Waals surface area contributed by atoms with E-state index < -0.39 is 17.6 Å². The Kier molecular flexibility index (Phi) is 7.94. The molecule has 31 heavy (non-hydrogen) atoms. The summed E-state index contributed by atoms with van der Waals surface area (Å²) < 4.78 is 49.8. The lowest BCUT2D eigenvalue weighted by Gasteiger charge is -2.37. The summed E-state index contributed by atoms with van der Waals surface area (Å²) in [4.78, 5) is 24.5. The van der Waals surface area contributed by atoms with Crippen LogP contribution in [0.5, 0.6) is 5.88 Å². The molecule has 3 heterocycles. The molecule has 1 atom stereocenters. The van der Waals surface area contributed by atoms with Crippen molar-refractivity contribution in [3.05, 3.63) is 23.9 Å². The first kappa shape index (κ1) is 23.1. The summed E-state index contributed by atoms with van der Waals surface area (Å²) in [5.74, 6) is 0.243. The maximum atomic E-state index is 13.0. The highest BCUT2D eigenvalue weighted by molar-refractivity contribution is 5.82. The number of carbonyl (C=O) groups is 1. The van der Waals surface area contributed by atoms with E-state index in [2.05, 4.69) is 15.3 Å². The Morgan fingerprint density at radius 3 is 2.71 bits per heavy atom. The number of hydrogen-bond acceptors (Lipinski definition) is 5. The van der Waals surface area contributed by atoms with Crippen LogP contribution in [0.3, 0.4) is 0 Å². The molecule has 11 heteroatoms. The number of nitrogens with one attached hydrogen (secondary N) is 1. The smallest absolute Gasteiger partial charge is 0.421 e. The van der Waals surface area contributed by atoms with Crippen LogP contribution in [-0.4, -0.2) is 85.2 Å². The molecule has 2 saturated heterocycles. The van der Waals surface area contributed by atoms with Gasteiger partial charge in [-0.15, -0.1) is 0 Å². The number of nitrogens with zero attached hydrogens (tertiary/aromatic N) is 4. The van der Waals surface area contributed by atoms with Gasteiger partial charge in [0, 0.05) is 45.5 Å². The first-order valence-corrected chi connectivity index (χ1v) is 10.5. The molecule has 1 aromatic rings. The van der Waals surface area contributed by atoms with Crippen LogP contribution in [0.2, 0.25) is 0 Å². The number of halogens is 3. The van der Waals surface area contributed by atoms with E-state index in [1.165, 1.54) is 12.3 Å². The normalized spacial score (nSPS) is 20.1. The number of alkyl halides is 3. The van der Waals surface area contributed by atoms with Gasteiger partial charge in [-0.2, -0.15) is 13.2 Å². The van der Waals surface area contributed by atoms with E-state index in [0.29, 0.717) is 45.3 Å². The van der Waals surface area contributed by atoms with Crippen molar-refractivity contribution in [1.82, 2.24) is 20.1 Å². The molecule has 0 aliphatic carbocycles. The van der Waals surface area contributed by atoms with Gasteiger partial charge in [0.1, 0.15) is 18.3 Å². The molecular weight excluding hydrogens is 415 g/mol. The number of amides is 1. The fraction of sp³-hybridized carbons (Fsp3) is 0.650. The van der Waals surface area contributed by atoms with Crippen molar-refractivity contribution in [2.45, 2.75) is 32.0 Å². The van der Waals surface area contributed by atoms with E-state index >= 15 is 0 Å². The molecule has 0 aromatic carbocycles. The molecule has 1 unspecified atom stereocenters. The zero-order chi connectivity index (χ0) is 22.3. The molecule has 0 spiro atoms. The van der Waals surface area contributed by atoms with Gasteiger partial charge in [-0.05, 0) is 31.9 Å². The van der Waals surface area contributed by atoms with Crippen molar-refractivity contribution in [3.8, 4) is 5.88 Å². The minimum absolute atomic E-state index is 0.0353. The van der Waals surface area contributed by atoms with Crippen molar-refractivity contribution in [2.75, 3.05) is 52.5 Å². The van der Waals surface area contributed by atoms with Gasteiger partial charge < -0.3 is 24.6 Å². The number of aromatic nitrogens is 1. The van der Waals surface area contributed by atoms with Gasteiger partial charge in [-0.1, -0.05) is 0 Å². The highest BCUT2D eigenvalue weighted by atomic mass is 19.4. The highest BCUT2D eigenvalue weighted by Crippen LogP contribution is 2.34. The third-order valence-electron chi connectivity index (χ3n) is 5.10. The standard InChI is InChI=1S/C20H28F3N5O3/c1-2-24-19(26-8-14-31-17-15(20(21,22)23)5-3-7-25-17)28-11-9-27(10-12-28)18(29)16-6-4-13-30-16/h3,5,7,16H,2,4,6,8-14H2,1H3,(H,24,26). The summed E-state index contributed by atoms with van der Waals surface area (Å²) >= 11 is 0. The van der Waals surface area contributed by atoms with E-state index in [0.717, 1.165) is 18.9 Å².